The van der Waals surface area contributed by atoms with Crippen molar-refractivity contribution in [1.82, 2.24) is 9.78 Å². The number of nitrogens with one attached hydrogen (secondary N) is 1. The van der Waals surface area contributed by atoms with E-state index in [2.05, 4.69) is 5.10 Å². The van der Waals surface area contributed by atoms with Crippen molar-refractivity contribution in [3.05, 3.63) is 50.8 Å². The van der Waals surface area contributed by atoms with Gasteiger partial charge in [-0.3, -0.25) is 19.6 Å². The lowest BCUT2D eigenvalue weighted by atomic mass is 10.2. The van der Waals surface area contributed by atoms with E-state index in [1.54, 1.807) is 0 Å². The van der Waals surface area contributed by atoms with Gasteiger partial charge in [-0.2, -0.15) is 5.10 Å². The Morgan fingerprint density at radius 1 is 1.27 bits per heavy atom. The molecule has 0 unspecified atom stereocenters. The summed E-state index contributed by atoms with van der Waals surface area (Å²) in [7, 11) is 0. The number of alkyl halides is 2. The van der Waals surface area contributed by atoms with Crippen molar-refractivity contribution < 1.29 is 36.1 Å². The summed E-state index contributed by atoms with van der Waals surface area (Å²) in [6.45, 7) is 0.0454. The Kier molecular flexibility index (Phi) is 5.18. The second-order valence-electron chi connectivity index (χ2n) is 4.93. The standard InChI is InChI=1S/C13H8F6N4O3/c1-4-12(23(25)26)11(13(18)19)21-22(4)3-7(24)20-10-8(16)5(14)2-6(15)9(10)17/h2,13H,3H2,1H3,(H,20,24). The number of rotatable bonds is 5. The second-order valence-corrected chi connectivity index (χ2v) is 4.93. The molecule has 0 saturated carbocycles. The Morgan fingerprint density at radius 2 is 1.81 bits per heavy atom. The summed E-state index contributed by atoms with van der Waals surface area (Å²) < 4.78 is 79.3. The minimum absolute atomic E-state index is 0.0732. The fourth-order valence-corrected chi connectivity index (χ4v) is 2.08. The van der Waals surface area contributed by atoms with Gasteiger partial charge in [0.25, 0.3) is 6.43 Å². The highest BCUT2D eigenvalue weighted by Gasteiger charge is 2.31. The van der Waals surface area contributed by atoms with Crippen LogP contribution in [0, 0.1) is 40.3 Å². The molecule has 0 aliphatic rings. The van der Waals surface area contributed by atoms with E-state index in [4.69, 9.17) is 0 Å². The van der Waals surface area contributed by atoms with Crippen LogP contribution in [0.25, 0.3) is 0 Å². The Morgan fingerprint density at radius 3 is 2.23 bits per heavy atom. The van der Waals surface area contributed by atoms with Gasteiger partial charge in [0.15, 0.2) is 23.3 Å². The maximum absolute atomic E-state index is 13.5. The molecular weight excluding hydrogens is 374 g/mol. The third kappa shape index (κ3) is 3.45. The number of benzene rings is 1. The van der Waals surface area contributed by atoms with E-state index in [9.17, 15) is 41.3 Å². The molecule has 1 aromatic heterocycles. The van der Waals surface area contributed by atoms with Crippen LogP contribution < -0.4 is 5.32 Å². The topological polar surface area (TPSA) is 90.1 Å². The number of amides is 1. The molecule has 0 fully saturated rings. The molecule has 13 heteroatoms. The summed E-state index contributed by atoms with van der Waals surface area (Å²) >= 11 is 0. The average molecular weight is 382 g/mol. The van der Waals surface area contributed by atoms with Crippen LogP contribution >= 0.6 is 0 Å². The first kappa shape index (κ1) is 19.2. The minimum atomic E-state index is -3.31. The van der Waals surface area contributed by atoms with Gasteiger partial charge in [-0.05, 0) is 6.92 Å². The first-order valence-electron chi connectivity index (χ1n) is 6.67. The quantitative estimate of drug-likeness (QED) is 0.372. The van der Waals surface area contributed by atoms with Crippen molar-refractivity contribution in [1.29, 1.82) is 0 Å². The normalized spacial score (nSPS) is 11.1. The number of aromatic nitrogens is 2. The highest BCUT2D eigenvalue weighted by molar-refractivity contribution is 5.90. The van der Waals surface area contributed by atoms with Crippen LogP contribution in [0.4, 0.5) is 37.7 Å². The number of carbonyl (C=O) groups is 1. The largest absolute Gasteiger partial charge is 0.319 e. The lowest BCUT2D eigenvalue weighted by Crippen LogP contribution is -2.22. The minimum Gasteiger partial charge on any atom is -0.319 e. The summed E-state index contributed by atoms with van der Waals surface area (Å²) in [6, 6.07) is -0.0732. The Balaban J connectivity index is 2.33. The summed E-state index contributed by atoms with van der Waals surface area (Å²) in [6.07, 6.45) is -3.31. The van der Waals surface area contributed by atoms with E-state index in [1.807, 2.05) is 0 Å². The predicted molar refractivity (Wildman–Crippen MR) is 73.5 cm³/mol. The molecule has 2 rings (SSSR count). The zero-order valence-corrected chi connectivity index (χ0v) is 12.7. The van der Waals surface area contributed by atoms with Gasteiger partial charge in [-0.15, -0.1) is 0 Å². The Bertz CT molecular complexity index is 872. The SMILES string of the molecule is Cc1c([N+](=O)[O-])c(C(F)F)nn1CC(=O)Nc1c(F)c(F)cc(F)c1F. The van der Waals surface area contributed by atoms with Crippen molar-refractivity contribution in [3.8, 4) is 0 Å². The number of hydrogen-bond donors (Lipinski definition) is 1. The Labute approximate surface area is 140 Å². The second kappa shape index (κ2) is 7.01. The van der Waals surface area contributed by atoms with E-state index in [-0.39, 0.29) is 6.07 Å². The summed E-state index contributed by atoms with van der Waals surface area (Å²) in [4.78, 5) is 21.5. The van der Waals surface area contributed by atoms with Gasteiger partial charge < -0.3 is 5.32 Å². The van der Waals surface area contributed by atoms with Gasteiger partial charge in [0.2, 0.25) is 11.6 Å². The molecule has 140 valence electrons. The fourth-order valence-electron chi connectivity index (χ4n) is 2.08. The number of nitrogens with zero attached hydrogens (tertiary/aromatic N) is 3. The van der Waals surface area contributed by atoms with Crippen LogP contribution in [0.15, 0.2) is 6.07 Å². The maximum Gasteiger partial charge on any atom is 0.319 e. The third-order valence-electron chi connectivity index (χ3n) is 3.26. The van der Waals surface area contributed by atoms with Gasteiger partial charge in [-0.1, -0.05) is 0 Å². The molecule has 0 spiro atoms. The predicted octanol–water partition coefficient (Wildman–Crippen LogP) is 3.23. The highest BCUT2D eigenvalue weighted by atomic mass is 19.3. The van der Waals surface area contributed by atoms with Crippen LogP contribution in [-0.4, -0.2) is 20.6 Å². The van der Waals surface area contributed by atoms with Crippen molar-refractivity contribution in [2.24, 2.45) is 0 Å². The molecule has 1 amide bonds. The summed E-state index contributed by atoms with van der Waals surface area (Å²) in [5.41, 5.74) is -4.08. The first-order chi connectivity index (χ1) is 12.0. The molecule has 0 bridgehead atoms. The third-order valence-corrected chi connectivity index (χ3v) is 3.26. The van der Waals surface area contributed by atoms with Gasteiger partial charge in [0, 0.05) is 6.07 Å². The first-order valence-corrected chi connectivity index (χ1v) is 6.67. The molecule has 1 heterocycles. The molecule has 0 saturated heterocycles. The molecule has 0 aliphatic carbocycles. The van der Waals surface area contributed by atoms with Crippen LogP contribution in [-0.2, 0) is 11.3 Å². The molecular formula is C13H8F6N4O3. The van der Waals surface area contributed by atoms with Crippen LogP contribution in [0.3, 0.4) is 0 Å². The molecule has 1 aromatic carbocycles. The fraction of sp³-hybridized carbons (Fsp3) is 0.231. The summed E-state index contributed by atoms with van der Waals surface area (Å²) in [5, 5.41) is 15.6. The van der Waals surface area contributed by atoms with Gasteiger partial charge in [0.1, 0.15) is 17.9 Å². The van der Waals surface area contributed by atoms with Gasteiger partial charge >= 0.3 is 5.69 Å². The van der Waals surface area contributed by atoms with Gasteiger partial charge in [-0.25, -0.2) is 26.3 Å². The van der Waals surface area contributed by atoms with Crippen molar-refractivity contribution in [2.75, 3.05) is 5.32 Å². The molecule has 1 N–H and O–H groups in total. The molecule has 0 radical (unpaired) electrons. The van der Waals surface area contributed by atoms with E-state index >= 15 is 0 Å². The average Bonchev–Trinajstić information content (AvgIpc) is 2.87. The lowest BCUT2D eigenvalue weighted by molar-refractivity contribution is -0.386. The van der Waals surface area contributed by atoms with Crippen molar-refractivity contribution >= 4 is 17.3 Å². The van der Waals surface area contributed by atoms with Crippen LogP contribution in [0.1, 0.15) is 17.8 Å². The van der Waals surface area contributed by atoms with Crippen molar-refractivity contribution in [3.63, 3.8) is 0 Å². The number of halogens is 6. The van der Waals surface area contributed by atoms with Crippen LogP contribution in [0.2, 0.25) is 0 Å². The molecule has 2 aromatic rings. The molecule has 0 atom stereocenters. The molecule has 7 nitrogen and oxygen atoms in total. The van der Waals surface area contributed by atoms with Gasteiger partial charge in [0.05, 0.1) is 4.92 Å². The van der Waals surface area contributed by atoms with Crippen LogP contribution in [0.5, 0.6) is 0 Å². The highest BCUT2D eigenvalue weighted by Crippen LogP contribution is 2.31. The van der Waals surface area contributed by atoms with E-state index in [0.717, 1.165) is 6.92 Å². The zero-order valence-electron chi connectivity index (χ0n) is 12.7. The molecule has 26 heavy (non-hydrogen) atoms. The van der Waals surface area contributed by atoms with Crippen molar-refractivity contribution in [2.45, 2.75) is 19.9 Å². The summed E-state index contributed by atoms with van der Waals surface area (Å²) in [5.74, 6) is -8.62. The maximum atomic E-state index is 13.5. The lowest BCUT2D eigenvalue weighted by Gasteiger charge is -2.09. The van der Waals surface area contributed by atoms with E-state index in [1.165, 1.54) is 5.32 Å². The smallest absolute Gasteiger partial charge is 0.319 e. The number of nitro groups is 1. The Hall–Kier alpha value is -3.12. The number of hydrogen-bond acceptors (Lipinski definition) is 4. The van der Waals surface area contributed by atoms with E-state index < -0.39 is 69.8 Å². The number of anilines is 1. The number of carbonyl (C=O) groups excluding carboxylic acids is 1. The van der Waals surface area contributed by atoms with E-state index in [0.29, 0.717) is 4.68 Å². The molecule has 0 aliphatic heterocycles. The zero-order chi connectivity index (χ0) is 19.8. The monoisotopic (exact) mass is 382 g/mol.